The molecule has 5 heteroatoms. The Labute approximate surface area is 78.9 Å². The van der Waals surface area contributed by atoms with Crippen LogP contribution < -0.4 is 5.73 Å². The summed E-state index contributed by atoms with van der Waals surface area (Å²) in [6.45, 7) is 0. The van der Waals surface area contributed by atoms with E-state index in [0.717, 1.165) is 5.56 Å². The molecule has 1 aromatic heterocycles. The maximum Gasteiger partial charge on any atom is 0.231 e. The van der Waals surface area contributed by atoms with Crippen molar-refractivity contribution in [2.75, 3.05) is 0 Å². The third-order valence-corrected chi connectivity index (χ3v) is 2.26. The molecule has 0 aliphatic carbocycles. The number of hydrogen-bond acceptors (Lipinski definition) is 2. The monoisotopic (exact) mass is 231 g/mol. The van der Waals surface area contributed by atoms with E-state index in [0.29, 0.717) is 6.42 Å². The molecule has 1 rings (SSSR count). The fourth-order valence-corrected chi connectivity index (χ4v) is 1.26. The molecule has 66 valence electrons. The van der Waals surface area contributed by atoms with Crippen molar-refractivity contribution >= 4 is 21.8 Å². The molecule has 0 aromatic carbocycles. The van der Waals surface area contributed by atoms with E-state index in [9.17, 15) is 4.79 Å². The molecule has 0 aliphatic rings. The van der Waals surface area contributed by atoms with Crippen molar-refractivity contribution in [2.45, 2.75) is 11.2 Å². The molecule has 4 nitrogen and oxygen atoms in total. The number of rotatable bonds is 3. The van der Waals surface area contributed by atoms with Gasteiger partial charge in [0, 0.05) is 13.2 Å². The lowest BCUT2D eigenvalue weighted by molar-refractivity contribution is -0.117. The van der Waals surface area contributed by atoms with E-state index in [1.807, 2.05) is 13.2 Å². The number of primary amides is 1. The predicted molar refractivity (Wildman–Crippen MR) is 48.8 cm³/mol. The van der Waals surface area contributed by atoms with E-state index in [4.69, 9.17) is 5.73 Å². The van der Waals surface area contributed by atoms with Gasteiger partial charge < -0.3 is 5.73 Å². The number of carbonyl (C=O) groups excluding carboxylic acids is 1. The Bertz CT molecular complexity index is 284. The summed E-state index contributed by atoms with van der Waals surface area (Å²) in [6, 6.07) is 0. The van der Waals surface area contributed by atoms with Gasteiger partial charge in [-0.1, -0.05) is 15.9 Å². The van der Waals surface area contributed by atoms with Crippen molar-refractivity contribution in [3.63, 3.8) is 0 Å². The summed E-state index contributed by atoms with van der Waals surface area (Å²) >= 11 is 3.18. The largest absolute Gasteiger partial charge is 0.369 e. The van der Waals surface area contributed by atoms with Crippen LogP contribution in [0.15, 0.2) is 12.4 Å². The SMILES string of the molecule is Cn1cc(CC(Br)C(N)=O)cn1. The fourth-order valence-electron chi connectivity index (χ4n) is 0.885. The topological polar surface area (TPSA) is 60.9 Å². The molecule has 0 aliphatic heterocycles. The summed E-state index contributed by atoms with van der Waals surface area (Å²) in [4.78, 5) is 10.4. The predicted octanol–water partition coefficient (Wildman–Crippen LogP) is 0.211. The van der Waals surface area contributed by atoms with Gasteiger partial charge >= 0.3 is 0 Å². The van der Waals surface area contributed by atoms with E-state index in [2.05, 4.69) is 21.0 Å². The van der Waals surface area contributed by atoms with Crippen molar-refractivity contribution in [1.29, 1.82) is 0 Å². The normalized spacial score (nSPS) is 12.8. The second kappa shape index (κ2) is 3.71. The third kappa shape index (κ3) is 2.34. The number of nitrogens with zero attached hydrogens (tertiary/aromatic N) is 2. The van der Waals surface area contributed by atoms with E-state index in [-0.39, 0.29) is 10.7 Å². The molecule has 0 saturated carbocycles. The van der Waals surface area contributed by atoms with Crippen LogP contribution in [0.4, 0.5) is 0 Å². The molecule has 2 N–H and O–H groups in total. The van der Waals surface area contributed by atoms with E-state index >= 15 is 0 Å². The lowest BCUT2D eigenvalue weighted by Gasteiger charge is -2.01. The summed E-state index contributed by atoms with van der Waals surface area (Å²) in [6.07, 6.45) is 4.16. The molecule has 1 aromatic rings. The highest BCUT2D eigenvalue weighted by molar-refractivity contribution is 9.10. The first kappa shape index (κ1) is 9.25. The average molecular weight is 232 g/mol. The molecular formula is C7H10BrN3O. The number of halogens is 1. The molecule has 0 saturated heterocycles. The van der Waals surface area contributed by atoms with Crippen LogP contribution in [0.25, 0.3) is 0 Å². The number of amides is 1. The molecule has 1 heterocycles. The van der Waals surface area contributed by atoms with Crippen LogP contribution in [0.2, 0.25) is 0 Å². The maximum atomic E-state index is 10.7. The zero-order valence-corrected chi connectivity index (χ0v) is 8.28. The van der Waals surface area contributed by atoms with Crippen LogP contribution in [0, 0.1) is 0 Å². The minimum Gasteiger partial charge on any atom is -0.369 e. The minimum atomic E-state index is -0.348. The molecule has 12 heavy (non-hydrogen) atoms. The maximum absolute atomic E-state index is 10.7. The molecule has 0 spiro atoms. The highest BCUT2D eigenvalue weighted by Crippen LogP contribution is 2.08. The van der Waals surface area contributed by atoms with Crippen molar-refractivity contribution in [1.82, 2.24) is 9.78 Å². The highest BCUT2D eigenvalue weighted by Gasteiger charge is 2.11. The first-order valence-corrected chi connectivity index (χ1v) is 4.42. The lowest BCUT2D eigenvalue weighted by atomic mass is 10.2. The summed E-state index contributed by atoms with van der Waals surface area (Å²) in [7, 11) is 1.83. The van der Waals surface area contributed by atoms with Crippen LogP contribution in [0.1, 0.15) is 5.56 Å². The number of aryl methyl sites for hydroxylation is 1. The molecule has 1 amide bonds. The molecule has 1 atom stereocenters. The quantitative estimate of drug-likeness (QED) is 0.757. The Morgan fingerprint density at radius 2 is 2.58 bits per heavy atom. The second-order valence-electron chi connectivity index (χ2n) is 2.60. The van der Waals surface area contributed by atoms with Crippen LogP contribution >= 0.6 is 15.9 Å². The second-order valence-corrected chi connectivity index (χ2v) is 3.70. The fraction of sp³-hybridized carbons (Fsp3) is 0.429. The molecule has 0 bridgehead atoms. The molecule has 1 unspecified atom stereocenters. The number of carbonyl (C=O) groups is 1. The van der Waals surface area contributed by atoms with E-state index < -0.39 is 0 Å². The summed E-state index contributed by atoms with van der Waals surface area (Å²) in [5, 5.41) is 3.97. The van der Waals surface area contributed by atoms with Crippen LogP contribution in [-0.2, 0) is 18.3 Å². The zero-order valence-electron chi connectivity index (χ0n) is 6.70. The van der Waals surface area contributed by atoms with E-state index in [1.54, 1.807) is 10.9 Å². The number of hydrogen-bond donors (Lipinski definition) is 1. The first-order chi connectivity index (χ1) is 5.59. The Morgan fingerprint density at radius 1 is 1.92 bits per heavy atom. The standard InChI is InChI=1S/C7H10BrN3O/c1-11-4-5(3-10-11)2-6(8)7(9)12/h3-4,6H,2H2,1H3,(H2,9,12). The number of alkyl halides is 1. The Kier molecular flexibility index (Phi) is 2.86. The van der Waals surface area contributed by atoms with Gasteiger partial charge in [0.2, 0.25) is 5.91 Å². The van der Waals surface area contributed by atoms with Crippen LogP contribution in [0.3, 0.4) is 0 Å². The number of nitrogens with two attached hydrogens (primary N) is 1. The molecular weight excluding hydrogens is 222 g/mol. The highest BCUT2D eigenvalue weighted by atomic mass is 79.9. The van der Waals surface area contributed by atoms with Gasteiger partial charge in [0.1, 0.15) is 0 Å². The van der Waals surface area contributed by atoms with Crippen molar-refractivity contribution in [3.8, 4) is 0 Å². The van der Waals surface area contributed by atoms with Gasteiger partial charge in [0.05, 0.1) is 11.0 Å². The third-order valence-electron chi connectivity index (χ3n) is 1.48. The summed E-state index contributed by atoms with van der Waals surface area (Å²) in [5.74, 6) is -0.348. The van der Waals surface area contributed by atoms with Gasteiger partial charge in [0.25, 0.3) is 0 Å². The summed E-state index contributed by atoms with van der Waals surface area (Å²) < 4.78 is 1.69. The van der Waals surface area contributed by atoms with Gasteiger partial charge in [-0.05, 0) is 12.0 Å². The van der Waals surface area contributed by atoms with Gasteiger partial charge in [-0.15, -0.1) is 0 Å². The van der Waals surface area contributed by atoms with Crippen LogP contribution in [0.5, 0.6) is 0 Å². The van der Waals surface area contributed by atoms with Gasteiger partial charge in [-0.3, -0.25) is 9.48 Å². The lowest BCUT2D eigenvalue weighted by Crippen LogP contribution is -2.24. The Hall–Kier alpha value is -0.840. The smallest absolute Gasteiger partial charge is 0.231 e. The van der Waals surface area contributed by atoms with Gasteiger partial charge in [-0.2, -0.15) is 5.10 Å². The number of aromatic nitrogens is 2. The van der Waals surface area contributed by atoms with E-state index in [1.165, 1.54) is 0 Å². The zero-order chi connectivity index (χ0) is 9.14. The first-order valence-electron chi connectivity index (χ1n) is 3.50. The van der Waals surface area contributed by atoms with Crippen molar-refractivity contribution in [2.24, 2.45) is 12.8 Å². The average Bonchev–Trinajstić information content (AvgIpc) is 2.35. The molecule has 0 fully saturated rings. The van der Waals surface area contributed by atoms with Gasteiger partial charge in [0.15, 0.2) is 0 Å². The van der Waals surface area contributed by atoms with Crippen molar-refractivity contribution in [3.05, 3.63) is 18.0 Å². The van der Waals surface area contributed by atoms with Crippen LogP contribution in [-0.4, -0.2) is 20.5 Å². The Morgan fingerprint density at radius 3 is 3.00 bits per heavy atom. The van der Waals surface area contributed by atoms with Gasteiger partial charge in [-0.25, -0.2) is 0 Å². The molecule has 0 radical (unpaired) electrons. The summed E-state index contributed by atoms with van der Waals surface area (Å²) in [5.41, 5.74) is 6.08. The minimum absolute atomic E-state index is 0.304. The Balaban J connectivity index is 2.58. The van der Waals surface area contributed by atoms with Crippen molar-refractivity contribution < 1.29 is 4.79 Å².